The monoisotopic (exact) mass is 343 g/mol. The van der Waals surface area contributed by atoms with Crippen LogP contribution in [-0.2, 0) is 17.1 Å². The lowest BCUT2D eigenvalue weighted by Crippen LogP contribution is -2.32. The first kappa shape index (κ1) is 16.7. The molecule has 1 unspecified atom stereocenters. The van der Waals surface area contributed by atoms with Gasteiger partial charge < -0.3 is 4.57 Å². The van der Waals surface area contributed by atoms with Crippen LogP contribution < -0.4 is 4.72 Å². The Balaban J connectivity index is 2.11. The van der Waals surface area contributed by atoms with Gasteiger partial charge in [-0.25, -0.2) is 18.1 Å². The molecular formula is C18H21N3O2S. The summed E-state index contributed by atoms with van der Waals surface area (Å²) in [5.41, 5.74) is 2.70. The molecule has 6 heteroatoms. The van der Waals surface area contributed by atoms with E-state index in [-0.39, 0.29) is 5.75 Å². The molecule has 1 aromatic heterocycles. The number of hydrogen-bond acceptors (Lipinski definition) is 3. The van der Waals surface area contributed by atoms with E-state index in [2.05, 4.69) is 9.71 Å². The Morgan fingerprint density at radius 1 is 1.08 bits per heavy atom. The van der Waals surface area contributed by atoms with Gasteiger partial charge in [-0.1, -0.05) is 49.4 Å². The first-order valence-corrected chi connectivity index (χ1v) is 9.63. The summed E-state index contributed by atoms with van der Waals surface area (Å²) >= 11 is 0. The van der Waals surface area contributed by atoms with Gasteiger partial charge >= 0.3 is 0 Å². The number of nitrogens with one attached hydrogen (secondary N) is 1. The van der Waals surface area contributed by atoms with Crippen molar-refractivity contribution in [2.45, 2.75) is 19.4 Å². The minimum Gasteiger partial charge on any atom is -0.329 e. The Morgan fingerprint density at radius 3 is 2.42 bits per heavy atom. The van der Waals surface area contributed by atoms with Crippen molar-refractivity contribution >= 4 is 21.1 Å². The van der Waals surface area contributed by atoms with Crippen molar-refractivity contribution in [2.24, 2.45) is 7.05 Å². The fraction of sp³-hybridized carbons (Fsp3) is 0.278. The third kappa shape index (κ3) is 3.34. The molecular weight excluding hydrogens is 322 g/mol. The third-order valence-electron chi connectivity index (χ3n) is 3.98. The molecule has 3 rings (SSSR count). The van der Waals surface area contributed by atoms with Crippen LogP contribution in [0.25, 0.3) is 11.0 Å². The van der Waals surface area contributed by atoms with Gasteiger partial charge in [-0.15, -0.1) is 0 Å². The fourth-order valence-corrected chi connectivity index (χ4v) is 4.10. The summed E-state index contributed by atoms with van der Waals surface area (Å²) in [5, 5.41) is 0. The van der Waals surface area contributed by atoms with Crippen molar-refractivity contribution in [3.8, 4) is 0 Å². The van der Waals surface area contributed by atoms with Gasteiger partial charge in [-0.2, -0.15) is 0 Å². The predicted molar refractivity (Wildman–Crippen MR) is 96.2 cm³/mol. The van der Waals surface area contributed by atoms with Crippen LogP contribution in [0.15, 0.2) is 54.6 Å². The first-order chi connectivity index (χ1) is 11.5. The van der Waals surface area contributed by atoms with Gasteiger partial charge in [-0.05, 0) is 24.1 Å². The summed E-state index contributed by atoms with van der Waals surface area (Å²) in [7, 11) is -1.47. The van der Waals surface area contributed by atoms with Gasteiger partial charge in [0.2, 0.25) is 10.0 Å². The van der Waals surface area contributed by atoms with E-state index in [0.717, 1.165) is 16.6 Å². The summed E-state index contributed by atoms with van der Waals surface area (Å²) in [6, 6.07) is 16.8. The zero-order valence-corrected chi connectivity index (χ0v) is 14.6. The van der Waals surface area contributed by atoms with Crippen molar-refractivity contribution in [1.29, 1.82) is 0 Å². The number of imidazole rings is 1. The highest BCUT2D eigenvalue weighted by Crippen LogP contribution is 2.25. The Morgan fingerprint density at radius 2 is 1.75 bits per heavy atom. The van der Waals surface area contributed by atoms with Crippen LogP contribution in [0.4, 0.5) is 0 Å². The number of aryl methyl sites for hydroxylation is 1. The van der Waals surface area contributed by atoms with Crippen LogP contribution >= 0.6 is 0 Å². The molecule has 0 spiro atoms. The van der Waals surface area contributed by atoms with Crippen LogP contribution in [0.3, 0.4) is 0 Å². The molecule has 1 N–H and O–H groups in total. The quantitative estimate of drug-likeness (QED) is 0.748. The van der Waals surface area contributed by atoms with E-state index in [4.69, 9.17) is 0 Å². The largest absolute Gasteiger partial charge is 0.329 e. The molecule has 0 amide bonds. The van der Waals surface area contributed by atoms with Crippen molar-refractivity contribution in [3.63, 3.8) is 0 Å². The molecule has 0 aliphatic heterocycles. The number of fused-ring (bicyclic) bond motifs is 1. The number of sulfonamides is 1. The molecule has 1 heterocycles. The van der Waals surface area contributed by atoms with Gasteiger partial charge in [0.1, 0.15) is 11.9 Å². The molecule has 3 aromatic rings. The van der Waals surface area contributed by atoms with Gasteiger partial charge in [0.15, 0.2) is 0 Å². The van der Waals surface area contributed by atoms with E-state index in [1.54, 1.807) is 0 Å². The van der Waals surface area contributed by atoms with Crippen molar-refractivity contribution in [3.05, 3.63) is 66.0 Å². The van der Waals surface area contributed by atoms with E-state index >= 15 is 0 Å². The minimum atomic E-state index is -3.38. The molecule has 0 aliphatic rings. The average Bonchev–Trinajstić information content (AvgIpc) is 2.91. The SMILES string of the molecule is CCCS(=O)(=O)NC(c1ccccc1)c1nc2ccccc2n1C. The zero-order chi connectivity index (χ0) is 17.2. The number of para-hydroxylation sites is 2. The molecule has 0 saturated heterocycles. The predicted octanol–water partition coefficient (Wildman–Crippen LogP) is 2.99. The number of aromatic nitrogens is 2. The smallest absolute Gasteiger partial charge is 0.212 e. The molecule has 0 fully saturated rings. The van der Waals surface area contributed by atoms with Crippen LogP contribution in [-0.4, -0.2) is 23.7 Å². The topological polar surface area (TPSA) is 64.0 Å². The van der Waals surface area contributed by atoms with Crippen LogP contribution in [0.2, 0.25) is 0 Å². The molecule has 0 bridgehead atoms. The van der Waals surface area contributed by atoms with Crippen LogP contribution in [0.1, 0.15) is 30.8 Å². The lowest BCUT2D eigenvalue weighted by molar-refractivity contribution is 0.562. The fourth-order valence-electron chi connectivity index (χ4n) is 2.84. The summed E-state index contributed by atoms with van der Waals surface area (Å²) in [4.78, 5) is 4.67. The van der Waals surface area contributed by atoms with E-state index in [1.165, 1.54) is 0 Å². The highest BCUT2D eigenvalue weighted by Gasteiger charge is 2.25. The normalized spacial score (nSPS) is 13.2. The number of hydrogen-bond donors (Lipinski definition) is 1. The van der Waals surface area contributed by atoms with Gasteiger partial charge in [0, 0.05) is 7.05 Å². The maximum atomic E-state index is 12.4. The average molecular weight is 343 g/mol. The second kappa shape index (κ2) is 6.75. The molecule has 24 heavy (non-hydrogen) atoms. The lowest BCUT2D eigenvalue weighted by Gasteiger charge is -2.19. The van der Waals surface area contributed by atoms with Gasteiger partial charge in [0.05, 0.1) is 16.8 Å². The molecule has 0 saturated carbocycles. The first-order valence-electron chi connectivity index (χ1n) is 7.98. The standard InChI is InChI=1S/C18H21N3O2S/c1-3-13-24(22,23)20-17(14-9-5-4-6-10-14)18-19-15-11-7-8-12-16(15)21(18)2/h4-12,17,20H,3,13H2,1-2H3. The molecule has 5 nitrogen and oxygen atoms in total. The van der Waals surface area contributed by atoms with Gasteiger partial charge in [-0.3, -0.25) is 0 Å². The Bertz CT molecular complexity index is 933. The lowest BCUT2D eigenvalue weighted by atomic mass is 10.1. The number of benzene rings is 2. The summed E-state index contributed by atoms with van der Waals surface area (Å²) < 4.78 is 29.5. The van der Waals surface area contributed by atoms with Crippen molar-refractivity contribution < 1.29 is 8.42 Å². The zero-order valence-electron chi connectivity index (χ0n) is 13.8. The van der Waals surface area contributed by atoms with Crippen molar-refractivity contribution in [2.75, 3.05) is 5.75 Å². The van der Waals surface area contributed by atoms with Crippen LogP contribution in [0.5, 0.6) is 0 Å². The molecule has 0 aliphatic carbocycles. The van der Waals surface area contributed by atoms with E-state index in [0.29, 0.717) is 12.2 Å². The van der Waals surface area contributed by atoms with E-state index in [1.807, 2.05) is 73.1 Å². The highest BCUT2D eigenvalue weighted by atomic mass is 32.2. The van der Waals surface area contributed by atoms with Crippen LogP contribution in [0, 0.1) is 0 Å². The highest BCUT2D eigenvalue weighted by molar-refractivity contribution is 7.89. The maximum Gasteiger partial charge on any atom is 0.212 e. The van der Waals surface area contributed by atoms with E-state index < -0.39 is 16.1 Å². The third-order valence-corrected chi connectivity index (χ3v) is 5.52. The molecule has 0 radical (unpaired) electrons. The molecule has 2 aromatic carbocycles. The van der Waals surface area contributed by atoms with Gasteiger partial charge in [0.25, 0.3) is 0 Å². The van der Waals surface area contributed by atoms with E-state index in [9.17, 15) is 8.42 Å². The molecule has 1 atom stereocenters. The number of nitrogens with zero attached hydrogens (tertiary/aromatic N) is 2. The summed E-state index contributed by atoms with van der Waals surface area (Å²) in [6.45, 7) is 1.85. The van der Waals surface area contributed by atoms with Crippen molar-refractivity contribution in [1.82, 2.24) is 14.3 Å². The summed E-state index contributed by atoms with van der Waals surface area (Å²) in [5.74, 6) is 0.780. The maximum absolute atomic E-state index is 12.4. The number of rotatable bonds is 6. The minimum absolute atomic E-state index is 0.0975. The second-order valence-corrected chi connectivity index (χ2v) is 7.67. The Kier molecular flexibility index (Phi) is 4.69. The molecule has 126 valence electrons. The Hall–Kier alpha value is -2.18. The second-order valence-electron chi connectivity index (χ2n) is 5.80. The summed E-state index contributed by atoms with van der Waals surface area (Å²) in [6.07, 6.45) is 0.569. The Labute approximate surface area is 142 Å².